The Balaban J connectivity index is 1.59. The largest absolute Gasteiger partial charge is 0.306 e. The first kappa shape index (κ1) is 19.5. The first-order chi connectivity index (χ1) is 15.5. The van der Waals surface area contributed by atoms with Gasteiger partial charge in [0.2, 0.25) is 0 Å². The highest BCUT2D eigenvalue weighted by atomic mass is 19.1. The molecule has 0 radical (unpaired) electrons. The molecule has 5 rings (SSSR count). The van der Waals surface area contributed by atoms with Crippen LogP contribution in [0.3, 0.4) is 0 Å². The SMILES string of the molecule is Cc1cc(NC(=O)c2c(F)cccc2F)n(-c2ncnc3c2cnn3-c2ccccc2)n1. The standard InChI is InChI=1S/C22H15F2N7O/c1-13-10-18(28-22(32)19-16(23)8-5-9-17(19)24)31(29-13)21-15-11-27-30(20(15)25-12-26-21)14-6-3-2-4-7-14/h2-12H,1H3,(H,28,32). The molecule has 3 aromatic heterocycles. The Morgan fingerprint density at radius 1 is 0.969 bits per heavy atom. The van der Waals surface area contributed by atoms with Gasteiger partial charge in [-0.05, 0) is 31.2 Å². The molecule has 32 heavy (non-hydrogen) atoms. The van der Waals surface area contributed by atoms with Gasteiger partial charge in [0.15, 0.2) is 11.5 Å². The second-order valence-corrected chi connectivity index (χ2v) is 6.96. The number of benzene rings is 2. The van der Waals surface area contributed by atoms with Crippen LogP contribution < -0.4 is 5.32 Å². The Morgan fingerprint density at radius 2 is 1.72 bits per heavy atom. The number of rotatable bonds is 4. The molecule has 0 aliphatic rings. The van der Waals surface area contributed by atoms with Crippen molar-refractivity contribution in [3.05, 3.63) is 90.0 Å². The number of nitrogens with one attached hydrogen (secondary N) is 1. The Bertz CT molecular complexity index is 1440. The quantitative estimate of drug-likeness (QED) is 0.467. The predicted molar refractivity (Wildman–Crippen MR) is 113 cm³/mol. The average Bonchev–Trinajstić information content (AvgIpc) is 3.37. The fourth-order valence-electron chi connectivity index (χ4n) is 3.40. The molecule has 8 nitrogen and oxygen atoms in total. The van der Waals surface area contributed by atoms with Crippen LogP contribution in [0, 0.1) is 18.6 Å². The molecule has 0 aliphatic carbocycles. The first-order valence-corrected chi connectivity index (χ1v) is 9.59. The van der Waals surface area contributed by atoms with E-state index in [1.165, 1.54) is 17.1 Å². The predicted octanol–water partition coefficient (Wildman–Crippen LogP) is 3.84. The number of hydrogen-bond acceptors (Lipinski definition) is 5. The molecule has 0 aliphatic heterocycles. The molecule has 0 atom stereocenters. The molecule has 0 bridgehead atoms. The summed E-state index contributed by atoms with van der Waals surface area (Å²) >= 11 is 0. The molecular formula is C22H15F2N7O. The third-order valence-electron chi connectivity index (χ3n) is 4.81. The minimum atomic E-state index is -0.959. The van der Waals surface area contributed by atoms with Gasteiger partial charge in [-0.2, -0.15) is 14.9 Å². The summed E-state index contributed by atoms with van der Waals surface area (Å²) in [5.41, 5.74) is 1.23. The highest BCUT2D eigenvalue weighted by Crippen LogP contribution is 2.25. The van der Waals surface area contributed by atoms with Crippen molar-refractivity contribution in [2.24, 2.45) is 0 Å². The van der Waals surface area contributed by atoms with E-state index in [0.29, 0.717) is 22.5 Å². The Morgan fingerprint density at radius 3 is 2.47 bits per heavy atom. The van der Waals surface area contributed by atoms with Gasteiger partial charge in [-0.1, -0.05) is 24.3 Å². The molecule has 1 amide bonds. The van der Waals surface area contributed by atoms with Crippen LogP contribution in [0.2, 0.25) is 0 Å². The van der Waals surface area contributed by atoms with E-state index in [2.05, 4.69) is 25.5 Å². The van der Waals surface area contributed by atoms with Crippen molar-refractivity contribution in [2.75, 3.05) is 5.32 Å². The number of amides is 1. The second kappa shape index (κ2) is 7.65. The lowest BCUT2D eigenvalue weighted by Crippen LogP contribution is -2.18. The Labute approximate surface area is 180 Å². The van der Waals surface area contributed by atoms with Gasteiger partial charge >= 0.3 is 0 Å². The zero-order valence-electron chi connectivity index (χ0n) is 16.7. The highest BCUT2D eigenvalue weighted by molar-refractivity contribution is 6.04. The van der Waals surface area contributed by atoms with Gasteiger partial charge in [0, 0.05) is 6.07 Å². The number of fused-ring (bicyclic) bond motifs is 1. The lowest BCUT2D eigenvalue weighted by atomic mass is 10.2. The lowest BCUT2D eigenvalue weighted by Gasteiger charge is -2.10. The summed E-state index contributed by atoms with van der Waals surface area (Å²) in [6, 6.07) is 14.3. The van der Waals surface area contributed by atoms with Gasteiger partial charge in [-0.3, -0.25) is 4.79 Å². The van der Waals surface area contributed by atoms with Crippen molar-refractivity contribution in [3.8, 4) is 11.5 Å². The number of aromatic nitrogens is 6. The molecule has 10 heteroatoms. The number of halogens is 2. The van der Waals surface area contributed by atoms with E-state index in [1.807, 2.05) is 30.3 Å². The van der Waals surface area contributed by atoms with Crippen molar-refractivity contribution < 1.29 is 13.6 Å². The summed E-state index contributed by atoms with van der Waals surface area (Å²) in [6.45, 7) is 1.72. The number of carbonyl (C=O) groups is 1. The second-order valence-electron chi connectivity index (χ2n) is 6.96. The third-order valence-corrected chi connectivity index (χ3v) is 4.81. The van der Waals surface area contributed by atoms with Crippen molar-refractivity contribution in [3.63, 3.8) is 0 Å². The van der Waals surface area contributed by atoms with E-state index >= 15 is 0 Å². The highest BCUT2D eigenvalue weighted by Gasteiger charge is 2.21. The van der Waals surface area contributed by atoms with Crippen LogP contribution in [-0.2, 0) is 0 Å². The van der Waals surface area contributed by atoms with Gasteiger partial charge in [0.05, 0.1) is 23.0 Å². The average molecular weight is 431 g/mol. The van der Waals surface area contributed by atoms with Crippen LogP contribution in [-0.4, -0.2) is 35.4 Å². The molecule has 3 heterocycles. The minimum absolute atomic E-state index is 0.197. The number of carbonyl (C=O) groups excluding carboxylic acids is 1. The Hall–Kier alpha value is -4.47. The zero-order chi connectivity index (χ0) is 22.2. The van der Waals surface area contributed by atoms with Gasteiger partial charge < -0.3 is 5.32 Å². The number of hydrogen-bond donors (Lipinski definition) is 1. The van der Waals surface area contributed by atoms with Crippen molar-refractivity contribution in [2.45, 2.75) is 6.92 Å². The summed E-state index contributed by atoms with van der Waals surface area (Å²) in [6.07, 6.45) is 2.95. The van der Waals surface area contributed by atoms with Crippen molar-refractivity contribution >= 4 is 22.8 Å². The third kappa shape index (κ3) is 3.27. The van der Waals surface area contributed by atoms with Gasteiger partial charge in [0.1, 0.15) is 29.3 Å². The first-order valence-electron chi connectivity index (χ1n) is 9.59. The van der Waals surface area contributed by atoms with Crippen LogP contribution in [0.1, 0.15) is 16.1 Å². The molecule has 0 spiro atoms. The van der Waals surface area contributed by atoms with E-state index in [9.17, 15) is 13.6 Å². The van der Waals surface area contributed by atoms with E-state index in [4.69, 9.17) is 0 Å². The molecule has 2 aromatic carbocycles. The van der Waals surface area contributed by atoms with Crippen molar-refractivity contribution in [1.29, 1.82) is 0 Å². The van der Waals surface area contributed by atoms with Gasteiger partial charge in [-0.25, -0.2) is 23.4 Å². The van der Waals surface area contributed by atoms with Crippen molar-refractivity contribution in [1.82, 2.24) is 29.5 Å². The topological polar surface area (TPSA) is 90.5 Å². The van der Waals surface area contributed by atoms with E-state index < -0.39 is 23.1 Å². The van der Waals surface area contributed by atoms with Gasteiger partial charge in [-0.15, -0.1) is 0 Å². The van der Waals surface area contributed by atoms with Crippen LogP contribution in [0.4, 0.5) is 14.6 Å². The monoisotopic (exact) mass is 431 g/mol. The molecule has 5 aromatic rings. The molecule has 0 saturated carbocycles. The summed E-state index contributed by atoms with van der Waals surface area (Å²) in [5.74, 6) is -2.30. The maximum Gasteiger partial charge on any atom is 0.262 e. The van der Waals surface area contributed by atoms with Crippen LogP contribution >= 0.6 is 0 Å². The van der Waals surface area contributed by atoms with Crippen LogP contribution in [0.25, 0.3) is 22.5 Å². The molecule has 0 saturated heterocycles. The fourth-order valence-corrected chi connectivity index (χ4v) is 3.40. The van der Waals surface area contributed by atoms with Crippen LogP contribution in [0.5, 0.6) is 0 Å². The number of para-hydroxylation sites is 1. The van der Waals surface area contributed by atoms with Crippen LogP contribution in [0.15, 0.2) is 67.1 Å². The Kier molecular flexibility index (Phi) is 4.66. The maximum absolute atomic E-state index is 14.0. The minimum Gasteiger partial charge on any atom is -0.306 e. The number of anilines is 1. The van der Waals surface area contributed by atoms with E-state index in [-0.39, 0.29) is 5.82 Å². The molecule has 0 fully saturated rings. The maximum atomic E-state index is 14.0. The smallest absolute Gasteiger partial charge is 0.262 e. The molecule has 158 valence electrons. The summed E-state index contributed by atoms with van der Waals surface area (Å²) in [4.78, 5) is 21.3. The molecular weight excluding hydrogens is 416 g/mol. The van der Waals surface area contributed by atoms with E-state index in [0.717, 1.165) is 17.8 Å². The zero-order valence-corrected chi connectivity index (χ0v) is 16.7. The fraction of sp³-hybridized carbons (Fsp3) is 0.0455. The number of aryl methyl sites for hydroxylation is 1. The molecule has 1 N–H and O–H groups in total. The van der Waals surface area contributed by atoms with Gasteiger partial charge in [0.25, 0.3) is 5.91 Å². The summed E-state index contributed by atoms with van der Waals surface area (Å²) in [7, 11) is 0. The van der Waals surface area contributed by atoms with E-state index in [1.54, 1.807) is 23.9 Å². The lowest BCUT2D eigenvalue weighted by molar-refractivity contribution is 0.101. The summed E-state index contributed by atoms with van der Waals surface area (Å²) in [5, 5.41) is 11.9. The summed E-state index contributed by atoms with van der Waals surface area (Å²) < 4.78 is 31.1. The number of nitrogens with zero attached hydrogens (tertiary/aromatic N) is 6. The normalized spacial score (nSPS) is 11.1. The molecule has 0 unspecified atom stereocenters.